The molecule has 4 rings (SSSR count). The molecule has 34 heavy (non-hydrogen) atoms. The Morgan fingerprint density at radius 1 is 1.03 bits per heavy atom. The number of nitrogens with one attached hydrogen (secondary N) is 1. The van der Waals surface area contributed by atoms with Crippen LogP contribution in [0.2, 0.25) is 10.0 Å². The van der Waals surface area contributed by atoms with E-state index in [1.165, 1.54) is 0 Å². The van der Waals surface area contributed by atoms with Gasteiger partial charge in [0.15, 0.2) is 5.78 Å². The Kier molecular flexibility index (Phi) is 7.26. The van der Waals surface area contributed by atoms with Crippen LogP contribution in [-0.2, 0) is 24.0 Å². The van der Waals surface area contributed by atoms with Crippen molar-refractivity contribution >= 4 is 51.6 Å². The number of carbonyl (C=O) groups is 2. The molecular weight excluding hydrogens is 495 g/mol. The summed E-state index contributed by atoms with van der Waals surface area (Å²) in [4.78, 5) is 26.1. The number of Topliss-reactive ketones (excluding diaryl/α,β-unsaturated/α-hetero) is 1. The molecule has 1 aliphatic rings. The Bertz CT molecular complexity index is 1280. The summed E-state index contributed by atoms with van der Waals surface area (Å²) in [7, 11) is 1.69. The van der Waals surface area contributed by atoms with Crippen LogP contribution in [0.5, 0.6) is 5.75 Å². The van der Waals surface area contributed by atoms with Gasteiger partial charge in [0, 0.05) is 24.7 Å². The number of ketones is 1. The van der Waals surface area contributed by atoms with Crippen molar-refractivity contribution in [2.45, 2.75) is 18.2 Å². The molecule has 0 spiro atoms. The molecule has 6 nitrogen and oxygen atoms in total. The van der Waals surface area contributed by atoms with Crippen molar-refractivity contribution in [3.8, 4) is 5.75 Å². The van der Waals surface area contributed by atoms with Crippen molar-refractivity contribution in [2.75, 3.05) is 18.5 Å². The predicted molar refractivity (Wildman–Crippen MR) is 135 cm³/mol. The fraction of sp³-hybridized carbons (Fsp3) is 0.200. The first kappa shape index (κ1) is 24.3. The number of anilines is 1. The van der Waals surface area contributed by atoms with E-state index in [-0.39, 0.29) is 18.1 Å². The molecule has 3 aromatic rings. The molecule has 0 bridgehead atoms. The van der Waals surface area contributed by atoms with Crippen LogP contribution < -0.4 is 14.4 Å². The summed E-state index contributed by atoms with van der Waals surface area (Å²) in [6.45, 7) is 0.331. The van der Waals surface area contributed by atoms with Gasteiger partial charge in [0.05, 0.1) is 22.8 Å². The van der Waals surface area contributed by atoms with Gasteiger partial charge in [0.25, 0.3) is 5.91 Å². The van der Waals surface area contributed by atoms with Crippen molar-refractivity contribution < 1.29 is 18.5 Å². The van der Waals surface area contributed by atoms with Crippen molar-refractivity contribution in [1.29, 1.82) is 0 Å². The van der Waals surface area contributed by atoms with Crippen LogP contribution in [0.15, 0.2) is 60.7 Å². The first-order valence-corrected chi connectivity index (χ1v) is 12.4. The second-order valence-corrected chi connectivity index (χ2v) is 10.3. The minimum Gasteiger partial charge on any atom is -0.497 e. The largest absolute Gasteiger partial charge is 0.497 e. The van der Waals surface area contributed by atoms with Gasteiger partial charge >= 0.3 is 0 Å². The average molecular weight is 517 g/mol. The zero-order chi connectivity index (χ0) is 24.4. The topological polar surface area (TPSA) is 75.7 Å². The van der Waals surface area contributed by atoms with E-state index in [0.717, 1.165) is 16.9 Å². The number of benzene rings is 3. The fourth-order valence-corrected chi connectivity index (χ4v) is 5.48. The second-order valence-electron chi connectivity index (χ2n) is 7.84. The SMILES string of the molecule is COc1ccc(CNC(=O)c2ccc3c(c2)C(=O)C(Cc2ccc(Cl)c(Cl)c2)S(=O)N3C)cc1. The number of carbonyl (C=O) groups excluding carboxylic acids is 2. The molecule has 0 saturated carbocycles. The molecule has 9 heteroatoms. The van der Waals surface area contributed by atoms with Gasteiger partial charge in [-0.1, -0.05) is 41.4 Å². The van der Waals surface area contributed by atoms with E-state index in [1.54, 1.807) is 54.9 Å². The van der Waals surface area contributed by atoms with Gasteiger partial charge < -0.3 is 10.1 Å². The number of fused-ring (bicyclic) bond motifs is 1. The molecule has 176 valence electrons. The first-order valence-electron chi connectivity index (χ1n) is 10.5. The molecule has 0 radical (unpaired) electrons. The summed E-state index contributed by atoms with van der Waals surface area (Å²) in [5.74, 6) is 0.157. The van der Waals surface area contributed by atoms with Crippen LogP contribution >= 0.6 is 23.2 Å². The summed E-state index contributed by atoms with van der Waals surface area (Å²) in [5.41, 5.74) is 2.92. The van der Waals surface area contributed by atoms with Gasteiger partial charge in [-0.05, 0) is 60.0 Å². The quantitative estimate of drug-likeness (QED) is 0.508. The Morgan fingerprint density at radius 2 is 1.74 bits per heavy atom. The molecule has 1 N–H and O–H groups in total. The van der Waals surface area contributed by atoms with Crippen LogP contribution in [0.1, 0.15) is 31.8 Å². The third-order valence-electron chi connectivity index (χ3n) is 5.69. The van der Waals surface area contributed by atoms with E-state index in [0.29, 0.717) is 33.4 Å². The summed E-state index contributed by atoms with van der Waals surface area (Å²) in [5, 5.41) is 2.85. The highest BCUT2D eigenvalue weighted by molar-refractivity contribution is 7.88. The maximum atomic E-state index is 13.3. The molecule has 1 aliphatic heterocycles. The number of methoxy groups -OCH3 is 1. The standard InChI is InChI=1S/C25H22Cl2N2O4S/c1-29-22-10-6-17(25(31)28-14-15-3-7-18(33-2)8-4-15)13-19(22)24(30)23(34(29)32)12-16-5-9-20(26)21(27)11-16/h3-11,13,23H,12,14H2,1-2H3,(H,28,31). The summed E-state index contributed by atoms with van der Waals surface area (Å²) >= 11 is 12.1. The maximum Gasteiger partial charge on any atom is 0.251 e. The Labute approximate surface area is 210 Å². The smallest absolute Gasteiger partial charge is 0.251 e. The van der Waals surface area contributed by atoms with Crippen LogP contribution in [0.3, 0.4) is 0 Å². The normalized spacial score (nSPS) is 17.3. The lowest BCUT2D eigenvalue weighted by Crippen LogP contribution is -2.42. The number of ether oxygens (including phenoxy) is 1. The number of nitrogens with zero attached hydrogens (tertiary/aromatic N) is 1. The molecule has 0 saturated heterocycles. The van der Waals surface area contributed by atoms with Crippen molar-refractivity contribution in [3.63, 3.8) is 0 Å². The number of amides is 1. The van der Waals surface area contributed by atoms with E-state index < -0.39 is 16.2 Å². The lowest BCUT2D eigenvalue weighted by molar-refractivity contribution is 0.0951. The van der Waals surface area contributed by atoms with Gasteiger partial charge in [0.1, 0.15) is 22.0 Å². The monoisotopic (exact) mass is 516 g/mol. The van der Waals surface area contributed by atoms with E-state index in [2.05, 4.69) is 5.32 Å². The van der Waals surface area contributed by atoms with Gasteiger partial charge in [-0.3, -0.25) is 13.9 Å². The molecule has 1 heterocycles. The van der Waals surface area contributed by atoms with Crippen LogP contribution in [-0.4, -0.2) is 35.3 Å². The Hall–Kier alpha value is -2.87. The van der Waals surface area contributed by atoms with Gasteiger partial charge in [-0.15, -0.1) is 0 Å². The molecule has 0 fully saturated rings. The molecule has 0 aliphatic carbocycles. The highest BCUT2D eigenvalue weighted by Gasteiger charge is 2.37. The van der Waals surface area contributed by atoms with E-state index in [4.69, 9.17) is 27.9 Å². The highest BCUT2D eigenvalue weighted by Crippen LogP contribution is 2.33. The molecule has 2 unspecified atom stereocenters. The third kappa shape index (κ3) is 4.97. The Balaban J connectivity index is 1.53. The predicted octanol–water partition coefficient (Wildman–Crippen LogP) is 4.84. The van der Waals surface area contributed by atoms with Crippen molar-refractivity contribution in [2.24, 2.45) is 0 Å². The number of rotatable bonds is 6. The summed E-state index contributed by atoms with van der Waals surface area (Å²) in [6, 6.07) is 17.3. The van der Waals surface area contributed by atoms with Crippen LogP contribution in [0, 0.1) is 0 Å². The molecule has 3 aromatic carbocycles. The van der Waals surface area contributed by atoms with Gasteiger partial charge in [0.2, 0.25) is 0 Å². The zero-order valence-corrected chi connectivity index (χ0v) is 20.8. The van der Waals surface area contributed by atoms with Crippen LogP contribution in [0.25, 0.3) is 0 Å². The average Bonchev–Trinajstić information content (AvgIpc) is 2.85. The molecule has 0 aromatic heterocycles. The minimum absolute atomic E-state index is 0.236. The van der Waals surface area contributed by atoms with Crippen molar-refractivity contribution in [3.05, 3.63) is 93.0 Å². The second kappa shape index (κ2) is 10.2. The fourth-order valence-electron chi connectivity index (χ4n) is 3.77. The third-order valence-corrected chi connectivity index (χ3v) is 8.03. The first-order chi connectivity index (χ1) is 16.3. The van der Waals surface area contributed by atoms with E-state index in [9.17, 15) is 13.8 Å². The lowest BCUT2D eigenvalue weighted by Gasteiger charge is -2.31. The Morgan fingerprint density at radius 3 is 2.41 bits per heavy atom. The van der Waals surface area contributed by atoms with Crippen molar-refractivity contribution in [1.82, 2.24) is 5.32 Å². The molecular formula is C25H22Cl2N2O4S. The zero-order valence-electron chi connectivity index (χ0n) is 18.5. The van der Waals surface area contributed by atoms with Gasteiger partial charge in [-0.2, -0.15) is 0 Å². The summed E-state index contributed by atoms with van der Waals surface area (Å²) in [6.07, 6.45) is 0.236. The van der Waals surface area contributed by atoms with E-state index in [1.807, 2.05) is 24.3 Å². The number of hydrogen-bond acceptors (Lipinski definition) is 4. The number of hydrogen-bond donors (Lipinski definition) is 1. The number of halogens is 2. The molecule has 1 amide bonds. The van der Waals surface area contributed by atoms with Crippen LogP contribution in [0.4, 0.5) is 5.69 Å². The lowest BCUT2D eigenvalue weighted by atomic mass is 9.98. The summed E-state index contributed by atoms with van der Waals surface area (Å²) < 4.78 is 19.8. The minimum atomic E-state index is -1.58. The molecule has 2 atom stereocenters. The van der Waals surface area contributed by atoms with Gasteiger partial charge in [-0.25, -0.2) is 4.21 Å². The highest BCUT2D eigenvalue weighted by atomic mass is 35.5. The maximum absolute atomic E-state index is 13.3. The van der Waals surface area contributed by atoms with E-state index >= 15 is 0 Å².